The molecule has 0 unspecified atom stereocenters. The summed E-state index contributed by atoms with van der Waals surface area (Å²) in [6.45, 7) is 6.10. The van der Waals surface area contributed by atoms with Crippen molar-refractivity contribution < 1.29 is 9.90 Å². The molecule has 0 bridgehead atoms. The maximum absolute atomic E-state index is 13.0. The summed E-state index contributed by atoms with van der Waals surface area (Å²) in [5.74, 6) is 1.34. The smallest absolute Gasteiger partial charge is 0.291 e. The number of aliphatic hydroxyl groups is 1. The average Bonchev–Trinajstić information content (AvgIpc) is 3.30. The zero-order valence-corrected chi connectivity index (χ0v) is 17.8. The Labute approximate surface area is 171 Å². The second-order valence-corrected chi connectivity index (χ2v) is 8.49. The molecule has 2 aliphatic rings. The maximum Gasteiger partial charge on any atom is 0.291 e. The predicted octanol–water partition coefficient (Wildman–Crippen LogP) is 0.311. The van der Waals surface area contributed by atoms with Crippen LogP contribution in [0.25, 0.3) is 0 Å². The average molecular weight is 399 g/mol. The van der Waals surface area contributed by atoms with Crippen molar-refractivity contribution in [3.8, 4) is 0 Å². The van der Waals surface area contributed by atoms with Crippen LogP contribution in [0.15, 0.2) is 12.4 Å². The summed E-state index contributed by atoms with van der Waals surface area (Å²) in [5, 5.41) is 10.8. The number of β-amino-alcohol motifs (C(OH)–C–C–N with tert-alkyl or cyclic N) is 1. The van der Waals surface area contributed by atoms with E-state index in [-0.39, 0.29) is 24.8 Å². The molecule has 9 heteroatoms. The van der Waals surface area contributed by atoms with Crippen molar-refractivity contribution in [2.75, 3.05) is 45.2 Å². The quantitative estimate of drug-likeness (QED) is 0.791. The first-order valence-electron chi connectivity index (χ1n) is 9.95. The minimum absolute atomic E-state index is 0.189. The van der Waals surface area contributed by atoms with Gasteiger partial charge >= 0.3 is 0 Å². The van der Waals surface area contributed by atoms with Crippen LogP contribution in [0.4, 0.5) is 5.82 Å². The summed E-state index contributed by atoms with van der Waals surface area (Å²) in [7, 11) is 6.02. The fraction of sp³-hybridized carbons (Fsp3) is 0.600. The van der Waals surface area contributed by atoms with Crippen LogP contribution in [0.2, 0.25) is 0 Å². The highest BCUT2D eigenvalue weighted by Gasteiger charge is 2.48. The van der Waals surface area contributed by atoms with Crippen LogP contribution < -0.4 is 4.90 Å². The molecule has 4 heterocycles. The van der Waals surface area contributed by atoms with Crippen LogP contribution in [0.5, 0.6) is 0 Å². The monoisotopic (exact) mass is 399 g/mol. The normalized spacial score (nSPS) is 21.0. The van der Waals surface area contributed by atoms with Gasteiger partial charge in [-0.05, 0) is 34.4 Å². The molecule has 0 spiro atoms. The first kappa shape index (κ1) is 19.8. The summed E-state index contributed by atoms with van der Waals surface area (Å²) < 4.78 is 1.78. The van der Waals surface area contributed by atoms with Gasteiger partial charge in [0.05, 0.1) is 13.1 Å². The molecular formula is C20H29N7O2. The molecule has 0 aliphatic carbocycles. The zero-order valence-electron chi connectivity index (χ0n) is 17.8. The summed E-state index contributed by atoms with van der Waals surface area (Å²) in [5.41, 5.74) is 0.699. The van der Waals surface area contributed by atoms with E-state index >= 15 is 0 Å². The van der Waals surface area contributed by atoms with Gasteiger partial charge in [0.1, 0.15) is 11.6 Å². The van der Waals surface area contributed by atoms with E-state index in [1.54, 1.807) is 21.9 Å². The van der Waals surface area contributed by atoms with E-state index in [0.29, 0.717) is 11.9 Å². The van der Waals surface area contributed by atoms with Gasteiger partial charge in [-0.25, -0.2) is 15.0 Å². The van der Waals surface area contributed by atoms with Crippen molar-refractivity contribution in [1.82, 2.24) is 29.3 Å². The lowest BCUT2D eigenvalue weighted by atomic mass is 9.93. The Balaban J connectivity index is 1.53. The van der Waals surface area contributed by atoms with E-state index in [1.165, 1.54) is 0 Å². The third kappa shape index (κ3) is 3.38. The number of hydrogen-bond donors (Lipinski definition) is 1. The number of amides is 1. The number of aryl methyl sites for hydroxylation is 2. The van der Waals surface area contributed by atoms with Crippen molar-refractivity contribution in [3.63, 3.8) is 0 Å². The Morgan fingerprint density at radius 3 is 2.59 bits per heavy atom. The Morgan fingerprint density at radius 2 is 2.00 bits per heavy atom. The number of anilines is 1. The van der Waals surface area contributed by atoms with E-state index < -0.39 is 5.60 Å². The van der Waals surface area contributed by atoms with Crippen LogP contribution in [0.1, 0.15) is 34.1 Å². The first-order valence-corrected chi connectivity index (χ1v) is 9.95. The van der Waals surface area contributed by atoms with Crippen LogP contribution in [0.3, 0.4) is 0 Å². The van der Waals surface area contributed by atoms with Crippen molar-refractivity contribution in [2.24, 2.45) is 7.05 Å². The fourth-order valence-corrected chi connectivity index (χ4v) is 4.20. The van der Waals surface area contributed by atoms with Crippen LogP contribution in [-0.4, -0.2) is 86.6 Å². The van der Waals surface area contributed by atoms with Gasteiger partial charge < -0.3 is 24.4 Å². The number of nitrogens with zero attached hydrogens (tertiary/aromatic N) is 7. The number of likely N-dealkylation sites (tertiary alicyclic amines) is 1. The number of hydrogen-bond acceptors (Lipinski definition) is 7. The molecule has 1 amide bonds. The molecule has 4 rings (SSSR count). The molecule has 2 aliphatic heterocycles. The Hall–Kier alpha value is -2.52. The van der Waals surface area contributed by atoms with Gasteiger partial charge in [-0.3, -0.25) is 4.79 Å². The Bertz CT molecular complexity index is 933. The number of rotatable bonds is 4. The number of aromatic nitrogens is 4. The summed E-state index contributed by atoms with van der Waals surface area (Å²) >= 11 is 0. The number of imidazole rings is 1. The van der Waals surface area contributed by atoms with E-state index in [2.05, 4.69) is 38.8 Å². The second-order valence-electron chi connectivity index (χ2n) is 8.49. The van der Waals surface area contributed by atoms with Gasteiger partial charge in [0, 0.05) is 49.8 Å². The third-order valence-corrected chi connectivity index (χ3v) is 6.18. The lowest BCUT2D eigenvalue weighted by Gasteiger charge is -2.45. The van der Waals surface area contributed by atoms with E-state index in [0.717, 1.165) is 36.6 Å². The van der Waals surface area contributed by atoms with Crippen LogP contribution >= 0.6 is 0 Å². The molecule has 0 aromatic carbocycles. The van der Waals surface area contributed by atoms with E-state index in [9.17, 15) is 9.90 Å². The van der Waals surface area contributed by atoms with Gasteiger partial charge in [0.15, 0.2) is 5.60 Å². The molecule has 29 heavy (non-hydrogen) atoms. The Morgan fingerprint density at radius 1 is 1.28 bits per heavy atom. The molecule has 1 atom stereocenters. The molecule has 156 valence electrons. The van der Waals surface area contributed by atoms with Gasteiger partial charge in [-0.15, -0.1) is 0 Å². The van der Waals surface area contributed by atoms with Crippen molar-refractivity contribution >= 4 is 11.7 Å². The summed E-state index contributed by atoms with van der Waals surface area (Å²) in [6, 6.07) is 0.479. The highest BCUT2D eigenvalue weighted by molar-refractivity contribution is 5.92. The molecular weight excluding hydrogens is 370 g/mol. The number of carbonyl (C=O) groups excluding carboxylic acids is 1. The molecule has 2 saturated heterocycles. The SMILES string of the molecule is Cc1nc(C(=O)N2CC(O)(c3nccn3C)C2)nc(N2CC[C@@H](N(C)C)C2)c1C. The molecule has 1 N–H and O–H groups in total. The second kappa shape index (κ2) is 7.07. The molecule has 0 saturated carbocycles. The molecule has 2 aromatic rings. The van der Waals surface area contributed by atoms with Crippen LogP contribution in [0, 0.1) is 13.8 Å². The molecule has 9 nitrogen and oxygen atoms in total. The van der Waals surface area contributed by atoms with Gasteiger partial charge in [-0.1, -0.05) is 0 Å². The van der Waals surface area contributed by atoms with Gasteiger partial charge in [0.2, 0.25) is 5.82 Å². The van der Waals surface area contributed by atoms with Crippen LogP contribution in [-0.2, 0) is 12.6 Å². The predicted molar refractivity (Wildman–Crippen MR) is 109 cm³/mol. The highest BCUT2D eigenvalue weighted by atomic mass is 16.3. The lowest BCUT2D eigenvalue weighted by molar-refractivity contribution is -0.0941. The standard InChI is InChI=1S/C20H29N7O2/c1-13-14(2)22-16(23-17(13)26-8-6-15(10-26)24(3)4)18(28)27-11-20(29,12-27)19-21-7-9-25(19)5/h7,9,15,29H,6,8,10-12H2,1-5H3/t15-/m1/s1. The summed E-state index contributed by atoms with van der Waals surface area (Å²) in [4.78, 5) is 32.4. The highest BCUT2D eigenvalue weighted by Crippen LogP contribution is 2.32. The number of likely N-dealkylation sites (N-methyl/N-ethyl adjacent to an activating group) is 1. The van der Waals surface area contributed by atoms with E-state index in [1.807, 2.05) is 20.9 Å². The van der Waals surface area contributed by atoms with Gasteiger partial charge in [0.25, 0.3) is 5.91 Å². The van der Waals surface area contributed by atoms with E-state index in [4.69, 9.17) is 0 Å². The third-order valence-electron chi connectivity index (χ3n) is 6.18. The van der Waals surface area contributed by atoms with Crippen molar-refractivity contribution in [3.05, 3.63) is 35.3 Å². The number of carbonyl (C=O) groups is 1. The first-order chi connectivity index (χ1) is 13.7. The van der Waals surface area contributed by atoms with Crippen molar-refractivity contribution in [2.45, 2.75) is 31.9 Å². The fourth-order valence-electron chi connectivity index (χ4n) is 4.20. The molecule has 0 radical (unpaired) electrons. The maximum atomic E-state index is 13.0. The van der Waals surface area contributed by atoms with Crippen molar-refractivity contribution in [1.29, 1.82) is 0 Å². The topological polar surface area (TPSA) is 90.6 Å². The minimum atomic E-state index is -1.12. The molecule has 2 aromatic heterocycles. The molecule has 2 fully saturated rings. The largest absolute Gasteiger partial charge is 0.378 e. The summed E-state index contributed by atoms with van der Waals surface area (Å²) in [6.07, 6.45) is 4.50. The zero-order chi connectivity index (χ0) is 20.9. The van der Waals surface area contributed by atoms with Gasteiger partial charge in [-0.2, -0.15) is 0 Å². The Kier molecular flexibility index (Phi) is 4.82. The minimum Gasteiger partial charge on any atom is -0.378 e. The lowest BCUT2D eigenvalue weighted by Crippen LogP contribution is -2.62.